The number of amides is 1. The molecule has 6 nitrogen and oxygen atoms in total. The van der Waals surface area contributed by atoms with Gasteiger partial charge in [-0.15, -0.1) is 0 Å². The number of benzene rings is 1. The molecule has 23 heavy (non-hydrogen) atoms. The first-order valence-electron chi connectivity index (χ1n) is 6.88. The average molecular weight is 349 g/mol. The highest BCUT2D eigenvalue weighted by Gasteiger charge is 2.26. The van der Waals surface area contributed by atoms with Gasteiger partial charge in [0, 0.05) is 18.3 Å². The number of hydrogen-bond acceptors (Lipinski definition) is 4. The van der Waals surface area contributed by atoms with Crippen molar-refractivity contribution in [3.63, 3.8) is 0 Å². The fourth-order valence-corrected chi connectivity index (χ4v) is 3.84. The average Bonchev–Trinajstić information content (AvgIpc) is 3.13. The molecular weight excluding hydrogens is 334 g/mol. The Hall–Kier alpha value is -2.16. The smallest absolute Gasteiger partial charge is 0.299 e. The molecule has 1 aliphatic rings. The predicted molar refractivity (Wildman–Crippen MR) is 92.6 cm³/mol. The minimum atomic E-state index is -3.79. The Balaban J connectivity index is 1.76. The molecule has 120 valence electrons. The van der Waals surface area contributed by atoms with Gasteiger partial charge in [-0.3, -0.25) is 9.10 Å². The maximum absolute atomic E-state index is 11.9. The first-order valence-corrected chi connectivity index (χ1v) is 9.33. The highest BCUT2D eigenvalue weighted by atomic mass is 32.2. The van der Waals surface area contributed by atoms with Crippen LogP contribution in [0.3, 0.4) is 0 Å². The van der Waals surface area contributed by atoms with Crippen molar-refractivity contribution in [3.05, 3.63) is 52.2 Å². The second-order valence-electron chi connectivity index (χ2n) is 5.09. The van der Waals surface area contributed by atoms with E-state index >= 15 is 0 Å². The van der Waals surface area contributed by atoms with E-state index in [2.05, 4.69) is 5.32 Å². The van der Waals surface area contributed by atoms with E-state index in [0.717, 1.165) is 15.4 Å². The van der Waals surface area contributed by atoms with Crippen molar-refractivity contribution >= 4 is 44.9 Å². The summed E-state index contributed by atoms with van der Waals surface area (Å²) in [5.41, 5.74) is 2.90. The number of nitrogens with two attached hydrogens (primary N) is 1. The lowest BCUT2D eigenvalue weighted by Gasteiger charge is -2.16. The third-order valence-electron chi connectivity index (χ3n) is 3.48. The standard InChI is InChI=1S/C15H15N3O3S2/c16-23(20,21)18-7-5-12-2-3-13(9-14(12)18)17-15(19)4-1-11-6-8-22-10-11/h1-4,6,8-10H,5,7H2,(H,17,19)(H2,16,20,21)/b4-1-. The van der Waals surface area contributed by atoms with E-state index in [1.807, 2.05) is 16.8 Å². The van der Waals surface area contributed by atoms with E-state index in [1.54, 1.807) is 35.6 Å². The van der Waals surface area contributed by atoms with Gasteiger partial charge in [-0.2, -0.15) is 19.8 Å². The van der Waals surface area contributed by atoms with Crippen LogP contribution in [0.1, 0.15) is 11.1 Å². The van der Waals surface area contributed by atoms with Gasteiger partial charge in [0.15, 0.2) is 0 Å². The minimum Gasteiger partial charge on any atom is -0.322 e. The molecule has 8 heteroatoms. The molecule has 1 amide bonds. The number of fused-ring (bicyclic) bond motifs is 1. The lowest BCUT2D eigenvalue weighted by molar-refractivity contribution is -0.111. The molecule has 0 saturated heterocycles. The van der Waals surface area contributed by atoms with Crippen molar-refractivity contribution in [3.8, 4) is 0 Å². The van der Waals surface area contributed by atoms with Gasteiger partial charge in [0.05, 0.1) is 5.69 Å². The molecule has 1 aromatic carbocycles. The number of nitrogens with zero attached hydrogens (tertiary/aromatic N) is 1. The largest absolute Gasteiger partial charge is 0.322 e. The number of carbonyl (C=O) groups is 1. The van der Waals surface area contributed by atoms with Crippen LogP contribution in [0, 0.1) is 0 Å². The number of carbonyl (C=O) groups excluding carboxylic acids is 1. The second kappa shape index (κ2) is 6.15. The summed E-state index contributed by atoms with van der Waals surface area (Å²) in [6.45, 7) is 0.323. The van der Waals surface area contributed by atoms with Crippen LogP contribution < -0.4 is 14.8 Å². The van der Waals surface area contributed by atoms with Gasteiger partial charge >= 0.3 is 0 Å². The number of anilines is 2. The molecule has 0 fully saturated rings. The third kappa shape index (κ3) is 3.61. The first kappa shape index (κ1) is 15.7. The Morgan fingerprint density at radius 2 is 2.17 bits per heavy atom. The molecule has 1 aromatic heterocycles. The zero-order valence-electron chi connectivity index (χ0n) is 12.1. The maximum Gasteiger partial charge on any atom is 0.299 e. The van der Waals surface area contributed by atoms with Crippen molar-refractivity contribution in [2.75, 3.05) is 16.2 Å². The Morgan fingerprint density at radius 1 is 1.35 bits per heavy atom. The Kier molecular flexibility index (Phi) is 4.20. The molecule has 3 N–H and O–H groups in total. The molecule has 0 atom stereocenters. The first-order chi connectivity index (χ1) is 10.9. The van der Waals surface area contributed by atoms with Gasteiger partial charge in [0.2, 0.25) is 5.91 Å². The monoisotopic (exact) mass is 349 g/mol. The van der Waals surface area contributed by atoms with Crippen molar-refractivity contribution in [1.82, 2.24) is 0 Å². The van der Waals surface area contributed by atoms with Gasteiger partial charge < -0.3 is 5.32 Å². The number of hydrogen-bond donors (Lipinski definition) is 2. The highest BCUT2D eigenvalue weighted by molar-refractivity contribution is 7.90. The Morgan fingerprint density at radius 3 is 2.87 bits per heavy atom. The highest BCUT2D eigenvalue weighted by Crippen LogP contribution is 2.32. The maximum atomic E-state index is 11.9. The molecular formula is C15H15N3O3S2. The molecule has 2 heterocycles. The van der Waals surface area contributed by atoms with Crippen LogP contribution >= 0.6 is 11.3 Å². The summed E-state index contributed by atoms with van der Waals surface area (Å²) in [6, 6.07) is 7.09. The SMILES string of the molecule is NS(=O)(=O)N1CCc2ccc(NC(=O)/C=C\c3ccsc3)cc21. The Labute approximate surface area is 138 Å². The fourth-order valence-electron chi connectivity index (χ4n) is 2.42. The molecule has 2 aromatic rings. The van der Waals surface area contributed by atoms with Gasteiger partial charge in [-0.1, -0.05) is 6.07 Å². The van der Waals surface area contributed by atoms with Gasteiger partial charge in [0.25, 0.3) is 10.2 Å². The van der Waals surface area contributed by atoms with E-state index < -0.39 is 10.2 Å². The van der Waals surface area contributed by atoms with Crippen LogP contribution in [-0.4, -0.2) is 20.9 Å². The normalized spacial score (nSPS) is 14.2. The van der Waals surface area contributed by atoms with Crippen molar-refractivity contribution in [2.45, 2.75) is 6.42 Å². The molecule has 3 rings (SSSR count). The lowest BCUT2D eigenvalue weighted by Crippen LogP contribution is -2.35. The van der Waals surface area contributed by atoms with E-state index in [4.69, 9.17) is 5.14 Å². The van der Waals surface area contributed by atoms with Crippen LogP contribution in [0.4, 0.5) is 11.4 Å². The topological polar surface area (TPSA) is 92.5 Å². The van der Waals surface area contributed by atoms with Crippen LogP contribution in [0.15, 0.2) is 41.1 Å². The van der Waals surface area contributed by atoms with Gasteiger partial charge in [-0.25, -0.2) is 5.14 Å². The number of thiophene rings is 1. The van der Waals surface area contributed by atoms with Crippen molar-refractivity contribution in [1.29, 1.82) is 0 Å². The quantitative estimate of drug-likeness (QED) is 0.827. The van der Waals surface area contributed by atoms with Crippen molar-refractivity contribution in [2.24, 2.45) is 5.14 Å². The predicted octanol–water partition coefficient (Wildman–Crippen LogP) is 1.97. The second-order valence-corrected chi connectivity index (χ2v) is 7.34. The fraction of sp³-hybridized carbons (Fsp3) is 0.133. The van der Waals surface area contributed by atoms with E-state index in [9.17, 15) is 13.2 Å². The summed E-state index contributed by atoms with van der Waals surface area (Å²) in [5.74, 6) is -0.281. The summed E-state index contributed by atoms with van der Waals surface area (Å²) < 4.78 is 24.3. The summed E-state index contributed by atoms with van der Waals surface area (Å²) in [5, 5.41) is 11.8. The zero-order chi connectivity index (χ0) is 16.4. The molecule has 1 aliphatic heterocycles. The van der Waals surface area contributed by atoms with Crippen molar-refractivity contribution < 1.29 is 13.2 Å². The van der Waals surface area contributed by atoms with Gasteiger partial charge in [0.1, 0.15) is 0 Å². The molecule has 0 bridgehead atoms. The van der Waals surface area contributed by atoms with E-state index in [0.29, 0.717) is 24.3 Å². The molecule has 0 saturated carbocycles. The Bertz CT molecular complexity index is 858. The zero-order valence-corrected chi connectivity index (χ0v) is 13.7. The minimum absolute atomic E-state index is 0.281. The number of rotatable bonds is 4. The number of nitrogens with one attached hydrogen (secondary N) is 1. The lowest BCUT2D eigenvalue weighted by atomic mass is 10.1. The van der Waals surface area contributed by atoms with Crippen LogP contribution in [0.5, 0.6) is 0 Å². The van der Waals surface area contributed by atoms with Gasteiger partial charge in [-0.05, 0) is 52.6 Å². The third-order valence-corrected chi connectivity index (χ3v) is 5.18. The van der Waals surface area contributed by atoms with E-state index in [1.165, 1.54) is 6.08 Å². The summed E-state index contributed by atoms with van der Waals surface area (Å²) in [7, 11) is -3.79. The van der Waals surface area contributed by atoms with Crippen LogP contribution in [-0.2, 0) is 21.4 Å². The summed E-state index contributed by atoms with van der Waals surface area (Å²) in [6.07, 6.45) is 3.76. The summed E-state index contributed by atoms with van der Waals surface area (Å²) in [4.78, 5) is 11.9. The molecule has 0 spiro atoms. The molecule has 0 unspecified atom stereocenters. The van der Waals surface area contributed by atoms with Crippen LogP contribution in [0.25, 0.3) is 6.08 Å². The van der Waals surface area contributed by atoms with Crippen LogP contribution in [0.2, 0.25) is 0 Å². The van der Waals surface area contributed by atoms with E-state index in [-0.39, 0.29) is 5.91 Å². The summed E-state index contributed by atoms with van der Waals surface area (Å²) >= 11 is 1.55. The molecule has 0 radical (unpaired) electrons. The molecule has 0 aliphatic carbocycles.